The molecule has 4 heteroatoms. The van der Waals surface area contributed by atoms with Gasteiger partial charge >= 0.3 is 0 Å². The number of nitrogens with zero attached hydrogens (tertiary/aromatic N) is 1. The monoisotopic (exact) mass is 288 g/mol. The number of methoxy groups -OCH3 is 1. The molecule has 1 N–H and O–H groups in total. The summed E-state index contributed by atoms with van der Waals surface area (Å²) in [5, 5.41) is 3.36. The van der Waals surface area contributed by atoms with Crippen molar-refractivity contribution in [3.05, 3.63) is 29.8 Å². The van der Waals surface area contributed by atoms with Crippen LogP contribution >= 0.6 is 0 Å². The predicted molar refractivity (Wildman–Crippen MR) is 82.1 cm³/mol. The number of ether oxygens (including phenoxy) is 1. The molecule has 1 aliphatic carbocycles. The molecular weight excluding hydrogens is 264 g/mol. The van der Waals surface area contributed by atoms with E-state index in [1.54, 1.807) is 7.11 Å². The number of rotatable bonds is 3. The first-order valence-electron chi connectivity index (χ1n) is 7.98. The van der Waals surface area contributed by atoms with Gasteiger partial charge in [-0.25, -0.2) is 0 Å². The summed E-state index contributed by atoms with van der Waals surface area (Å²) in [5.41, 5.74) is 1.06. The van der Waals surface area contributed by atoms with E-state index in [0.717, 1.165) is 24.2 Å². The number of para-hydroxylation sites is 1. The van der Waals surface area contributed by atoms with Crippen LogP contribution in [0.2, 0.25) is 0 Å². The molecule has 0 bridgehead atoms. The Morgan fingerprint density at radius 3 is 2.57 bits per heavy atom. The van der Waals surface area contributed by atoms with Gasteiger partial charge in [0.1, 0.15) is 11.9 Å². The van der Waals surface area contributed by atoms with E-state index in [0.29, 0.717) is 12.6 Å². The van der Waals surface area contributed by atoms with Crippen LogP contribution in [0.4, 0.5) is 0 Å². The van der Waals surface area contributed by atoms with E-state index < -0.39 is 0 Å². The second-order valence-corrected chi connectivity index (χ2v) is 5.97. The lowest BCUT2D eigenvalue weighted by Gasteiger charge is -2.33. The summed E-state index contributed by atoms with van der Waals surface area (Å²) in [6.07, 6.45) is 7.26. The van der Waals surface area contributed by atoms with Crippen LogP contribution in [0.5, 0.6) is 5.75 Å². The number of amides is 1. The van der Waals surface area contributed by atoms with Crippen molar-refractivity contribution >= 4 is 5.91 Å². The molecule has 2 fully saturated rings. The largest absolute Gasteiger partial charge is 0.496 e. The molecule has 114 valence electrons. The van der Waals surface area contributed by atoms with Crippen LogP contribution in [-0.2, 0) is 4.79 Å². The Balaban J connectivity index is 1.88. The van der Waals surface area contributed by atoms with Crippen molar-refractivity contribution in [3.8, 4) is 5.75 Å². The number of hydrogen-bond acceptors (Lipinski definition) is 3. The van der Waals surface area contributed by atoms with Gasteiger partial charge in [-0.1, -0.05) is 43.9 Å². The van der Waals surface area contributed by atoms with Crippen molar-refractivity contribution in [1.82, 2.24) is 10.2 Å². The average molecular weight is 288 g/mol. The van der Waals surface area contributed by atoms with Crippen molar-refractivity contribution in [2.45, 2.75) is 50.7 Å². The third-order valence-corrected chi connectivity index (χ3v) is 4.66. The highest BCUT2D eigenvalue weighted by Gasteiger charge is 2.37. The summed E-state index contributed by atoms with van der Waals surface area (Å²) in [5.74, 6) is 1.07. The SMILES string of the molecule is COc1ccccc1C1NCC(=O)N1C1CCCCCC1. The highest BCUT2D eigenvalue weighted by atomic mass is 16.5. The van der Waals surface area contributed by atoms with E-state index in [-0.39, 0.29) is 12.1 Å². The van der Waals surface area contributed by atoms with Crippen LogP contribution in [0, 0.1) is 0 Å². The third kappa shape index (κ3) is 2.91. The van der Waals surface area contributed by atoms with Crippen molar-refractivity contribution in [2.75, 3.05) is 13.7 Å². The molecule has 1 atom stereocenters. The van der Waals surface area contributed by atoms with Crippen molar-refractivity contribution in [3.63, 3.8) is 0 Å². The van der Waals surface area contributed by atoms with E-state index in [1.807, 2.05) is 18.2 Å². The number of hydrogen-bond donors (Lipinski definition) is 1. The van der Waals surface area contributed by atoms with Crippen LogP contribution in [0.25, 0.3) is 0 Å². The second-order valence-electron chi connectivity index (χ2n) is 5.97. The molecule has 1 aromatic rings. The molecule has 1 amide bonds. The van der Waals surface area contributed by atoms with Crippen molar-refractivity contribution in [2.24, 2.45) is 0 Å². The van der Waals surface area contributed by atoms with E-state index in [9.17, 15) is 4.79 Å². The average Bonchev–Trinajstić information content (AvgIpc) is 2.74. The molecule has 3 rings (SSSR count). The van der Waals surface area contributed by atoms with Gasteiger partial charge < -0.3 is 9.64 Å². The fraction of sp³-hybridized carbons (Fsp3) is 0.588. The van der Waals surface area contributed by atoms with Gasteiger partial charge in [0.05, 0.1) is 13.7 Å². The number of nitrogens with one attached hydrogen (secondary N) is 1. The number of carbonyl (C=O) groups is 1. The topological polar surface area (TPSA) is 41.6 Å². The maximum Gasteiger partial charge on any atom is 0.238 e. The zero-order chi connectivity index (χ0) is 14.7. The van der Waals surface area contributed by atoms with E-state index in [2.05, 4.69) is 16.3 Å². The maximum atomic E-state index is 12.4. The smallest absolute Gasteiger partial charge is 0.238 e. The summed E-state index contributed by atoms with van der Waals surface area (Å²) < 4.78 is 5.48. The zero-order valence-corrected chi connectivity index (χ0v) is 12.7. The zero-order valence-electron chi connectivity index (χ0n) is 12.7. The highest BCUT2D eigenvalue weighted by molar-refractivity contribution is 5.81. The van der Waals surface area contributed by atoms with Gasteiger partial charge in [0.25, 0.3) is 0 Å². The Bertz CT molecular complexity index is 495. The lowest BCUT2D eigenvalue weighted by molar-refractivity contribution is -0.130. The Morgan fingerprint density at radius 1 is 1.14 bits per heavy atom. The van der Waals surface area contributed by atoms with Gasteiger partial charge in [-0.05, 0) is 18.9 Å². The van der Waals surface area contributed by atoms with Crippen LogP contribution in [0.1, 0.15) is 50.3 Å². The summed E-state index contributed by atoms with van der Waals surface area (Å²) >= 11 is 0. The molecule has 4 nitrogen and oxygen atoms in total. The molecular formula is C17H24N2O2. The Labute approximate surface area is 126 Å². The van der Waals surface area contributed by atoms with Gasteiger partial charge in [-0.3, -0.25) is 10.1 Å². The van der Waals surface area contributed by atoms with Gasteiger partial charge in [-0.15, -0.1) is 0 Å². The van der Waals surface area contributed by atoms with E-state index in [4.69, 9.17) is 4.74 Å². The highest BCUT2D eigenvalue weighted by Crippen LogP contribution is 2.34. The van der Waals surface area contributed by atoms with Gasteiger partial charge in [-0.2, -0.15) is 0 Å². The molecule has 0 radical (unpaired) electrons. The minimum absolute atomic E-state index is 0.0447. The molecule has 1 saturated carbocycles. The molecule has 0 aromatic heterocycles. The molecule has 1 heterocycles. The summed E-state index contributed by atoms with van der Waals surface area (Å²) in [6, 6.07) is 8.36. The first-order valence-corrected chi connectivity index (χ1v) is 7.98. The summed E-state index contributed by atoms with van der Waals surface area (Å²) in [6.45, 7) is 0.430. The van der Waals surface area contributed by atoms with Crippen molar-refractivity contribution in [1.29, 1.82) is 0 Å². The second kappa shape index (κ2) is 6.48. The fourth-order valence-corrected chi connectivity index (χ4v) is 3.62. The molecule has 1 aliphatic heterocycles. The standard InChI is InChI=1S/C17H24N2O2/c1-21-15-11-7-6-10-14(15)17-18-12-16(20)19(17)13-8-4-2-3-5-9-13/h6-7,10-11,13,17-18H,2-5,8-9,12H2,1H3. The van der Waals surface area contributed by atoms with Crippen LogP contribution in [0.3, 0.4) is 0 Å². The quantitative estimate of drug-likeness (QED) is 0.870. The normalized spacial score (nSPS) is 24.1. The van der Waals surface area contributed by atoms with Gasteiger partial charge in [0.2, 0.25) is 5.91 Å². The van der Waals surface area contributed by atoms with Crippen LogP contribution in [0.15, 0.2) is 24.3 Å². The minimum atomic E-state index is -0.0447. The van der Waals surface area contributed by atoms with E-state index >= 15 is 0 Å². The first-order chi connectivity index (χ1) is 10.3. The number of carbonyl (C=O) groups excluding carboxylic acids is 1. The third-order valence-electron chi connectivity index (χ3n) is 4.66. The molecule has 1 unspecified atom stereocenters. The van der Waals surface area contributed by atoms with Crippen LogP contribution in [-0.4, -0.2) is 30.5 Å². The Morgan fingerprint density at radius 2 is 1.86 bits per heavy atom. The molecule has 1 saturated heterocycles. The summed E-state index contributed by atoms with van der Waals surface area (Å²) in [7, 11) is 1.69. The lowest BCUT2D eigenvalue weighted by atomic mass is 10.0. The maximum absolute atomic E-state index is 12.4. The number of benzene rings is 1. The lowest BCUT2D eigenvalue weighted by Crippen LogP contribution is -2.39. The Kier molecular flexibility index (Phi) is 4.44. The predicted octanol–water partition coefficient (Wildman–Crippen LogP) is 2.85. The Hall–Kier alpha value is -1.55. The van der Waals surface area contributed by atoms with Crippen LogP contribution < -0.4 is 10.1 Å². The molecule has 0 spiro atoms. The van der Waals surface area contributed by atoms with Gasteiger partial charge in [0, 0.05) is 11.6 Å². The van der Waals surface area contributed by atoms with Gasteiger partial charge in [0.15, 0.2) is 0 Å². The molecule has 1 aromatic carbocycles. The minimum Gasteiger partial charge on any atom is -0.496 e. The molecule has 2 aliphatic rings. The van der Waals surface area contributed by atoms with E-state index in [1.165, 1.54) is 25.7 Å². The van der Waals surface area contributed by atoms with Crippen molar-refractivity contribution < 1.29 is 9.53 Å². The molecule has 21 heavy (non-hydrogen) atoms. The first kappa shape index (κ1) is 14.4. The summed E-state index contributed by atoms with van der Waals surface area (Å²) in [4.78, 5) is 14.5. The fourth-order valence-electron chi connectivity index (χ4n) is 3.62.